The molecule has 0 aliphatic rings. The summed E-state index contributed by atoms with van der Waals surface area (Å²) in [5.41, 5.74) is 1.11. The number of hydrogen-bond donors (Lipinski definition) is 2. The van der Waals surface area contributed by atoms with Crippen LogP contribution < -0.4 is 14.8 Å². The molecule has 0 unspecified atom stereocenters. The fourth-order valence-electron chi connectivity index (χ4n) is 3.23. The van der Waals surface area contributed by atoms with Crippen molar-refractivity contribution in [3.8, 4) is 5.75 Å². The topological polar surface area (TPSA) is 84.5 Å². The largest absolute Gasteiger partial charge is 0.493 e. The van der Waals surface area contributed by atoms with Crippen molar-refractivity contribution in [2.45, 2.75) is 9.79 Å². The van der Waals surface area contributed by atoms with Gasteiger partial charge < -0.3 is 10.1 Å². The van der Waals surface area contributed by atoms with Gasteiger partial charge in [-0.2, -0.15) is 0 Å². The maximum absolute atomic E-state index is 12.7. The Labute approximate surface area is 230 Å². The lowest BCUT2D eigenvalue weighted by Gasteiger charge is -2.11. The molecule has 0 saturated carbocycles. The van der Waals surface area contributed by atoms with E-state index in [0.29, 0.717) is 28.6 Å². The lowest BCUT2D eigenvalue weighted by Crippen LogP contribution is -2.14. The second-order valence-corrected chi connectivity index (χ2v) is 11.4. The first-order valence-electron chi connectivity index (χ1n) is 11.1. The zero-order chi connectivity index (χ0) is 26.3. The number of thioether (sulfide) groups is 1. The average Bonchev–Trinajstić information content (AvgIpc) is 2.89. The molecule has 0 aliphatic heterocycles. The van der Waals surface area contributed by atoms with Gasteiger partial charge in [0.2, 0.25) is 0 Å². The van der Waals surface area contributed by atoms with Gasteiger partial charge in [-0.05, 0) is 78.9 Å². The molecule has 6 nitrogen and oxygen atoms in total. The minimum absolute atomic E-state index is 0.0171. The Morgan fingerprint density at radius 3 is 2.24 bits per heavy atom. The summed E-state index contributed by atoms with van der Waals surface area (Å²) in [7, 11) is -3.88. The monoisotopic (exact) mass is 572 g/mol. The molecule has 0 radical (unpaired) electrons. The predicted molar refractivity (Wildman–Crippen MR) is 151 cm³/mol. The third-order valence-corrected chi connectivity index (χ3v) is 7.98. The van der Waals surface area contributed by atoms with E-state index < -0.39 is 10.0 Å². The van der Waals surface area contributed by atoms with Gasteiger partial charge in [0.25, 0.3) is 15.9 Å². The van der Waals surface area contributed by atoms with E-state index in [1.165, 1.54) is 47.4 Å². The first-order chi connectivity index (χ1) is 17.8. The molecular formula is C27H22Cl2N2O4S2. The van der Waals surface area contributed by atoms with Crippen LogP contribution >= 0.6 is 35.0 Å². The van der Waals surface area contributed by atoms with Crippen LogP contribution in [0.15, 0.2) is 107 Å². The number of amides is 1. The number of carbonyl (C=O) groups excluding carboxylic acids is 1. The lowest BCUT2D eigenvalue weighted by atomic mass is 10.2. The first kappa shape index (κ1) is 26.9. The van der Waals surface area contributed by atoms with Crippen LogP contribution in [0.4, 0.5) is 11.4 Å². The molecule has 0 fully saturated rings. The Morgan fingerprint density at radius 2 is 1.57 bits per heavy atom. The normalized spacial score (nSPS) is 11.1. The number of carbonyl (C=O) groups is 1. The van der Waals surface area contributed by atoms with Gasteiger partial charge >= 0.3 is 0 Å². The Morgan fingerprint density at radius 1 is 0.865 bits per heavy atom. The predicted octanol–water partition coefficient (Wildman–Crippen LogP) is 7.22. The van der Waals surface area contributed by atoms with Crippen LogP contribution in [0.2, 0.25) is 10.0 Å². The van der Waals surface area contributed by atoms with Gasteiger partial charge in [-0.3, -0.25) is 9.52 Å². The summed E-state index contributed by atoms with van der Waals surface area (Å²) in [5, 5.41) is 3.34. The van der Waals surface area contributed by atoms with Crippen molar-refractivity contribution >= 4 is 62.3 Å². The molecule has 2 N–H and O–H groups in total. The van der Waals surface area contributed by atoms with Crippen LogP contribution in [0.25, 0.3) is 0 Å². The molecule has 0 atom stereocenters. The van der Waals surface area contributed by atoms with Gasteiger partial charge in [0.1, 0.15) is 5.75 Å². The van der Waals surface area contributed by atoms with Crippen LogP contribution in [0.5, 0.6) is 5.75 Å². The van der Waals surface area contributed by atoms with Crippen molar-refractivity contribution in [3.05, 3.63) is 113 Å². The van der Waals surface area contributed by atoms with Gasteiger partial charge in [-0.15, -0.1) is 11.8 Å². The van der Waals surface area contributed by atoms with E-state index >= 15 is 0 Å². The van der Waals surface area contributed by atoms with Gasteiger partial charge in [0.05, 0.1) is 22.2 Å². The van der Waals surface area contributed by atoms with E-state index in [0.717, 1.165) is 5.75 Å². The van der Waals surface area contributed by atoms with E-state index in [4.69, 9.17) is 27.9 Å². The zero-order valence-corrected chi connectivity index (χ0v) is 22.5. The second-order valence-electron chi connectivity index (χ2n) is 7.74. The summed E-state index contributed by atoms with van der Waals surface area (Å²) in [5.74, 6) is 1.15. The molecule has 37 heavy (non-hydrogen) atoms. The molecule has 4 aromatic rings. The third-order valence-electron chi connectivity index (χ3n) is 5.08. The number of ether oxygens (including phenoxy) is 1. The molecule has 0 saturated heterocycles. The first-order valence-corrected chi connectivity index (χ1v) is 14.3. The maximum atomic E-state index is 12.7. The number of hydrogen-bond acceptors (Lipinski definition) is 5. The molecule has 10 heteroatoms. The molecule has 0 aromatic heterocycles. The van der Waals surface area contributed by atoms with E-state index in [1.807, 2.05) is 18.2 Å². The lowest BCUT2D eigenvalue weighted by molar-refractivity contribution is 0.102. The maximum Gasteiger partial charge on any atom is 0.261 e. The van der Waals surface area contributed by atoms with Gasteiger partial charge in [0, 0.05) is 26.9 Å². The summed E-state index contributed by atoms with van der Waals surface area (Å²) < 4.78 is 33.6. The summed E-state index contributed by atoms with van der Waals surface area (Å²) in [6.07, 6.45) is 0. The quantitative estimate of drug-likeness (QED) is 0.155. The fourth-order valence-corrected chi connectivity index (χ4v) is 5.58. The molecule has 0 heterocycles. The highest BCUT2D eigenvalue weighted by molar-refractivity contribution is 7.99. The number of nitrogens with one attached hydrogen (secondary N) is 2. The highest BCUT2D eigenvalue weighted by atomic mass is 35.5. The molecule has 0 aliphatic carbocycles. The molecule has 0 spiro atoms. The van der Waals surface area contributed by atoms with Crippen molar-refractivity contribution in [3.63, 3.8) is 0 Å². The molecular weight excluding hydrogens is 551 g/mol. The molecule has 4 rings (SSSR count). The highest BCUT2D eigenvalue weighted by Gasteiger charge is 2.16. The van der Waals surface area contributed by atoms with Crippen LogP contribution in [0, 0.1) is 0 Å². The molecule has 4 aromatic carbocycles. The standard InChI is InChI=1S/C27H22Cl2N2O4S2/c28-20-8-15-26(25(29)18-20)31-37(33,34)24-13-9-21(10-14-24)30-27(32)19-6-11-22(12-7-19)35-16-17-36-23-4-2-1-3-5-23/h1-15,18,31H,16-17H2,(H,30,32). The van der Waals surface area contributed by atoms with E-state index in [1.54, 1.807) is 36.0 Å². The second kappa shape index (κ2) is 12.4. The Bertz CT molecular complexity index is 1470. The summed E-state index contributed by atoms with van der Waals surface area (Å²) in [6.45, 7) is 0.541. The number of rotatable bonds is 10. The summed E-state index contributed by atoms with van der Waals surface area (Å²) >= 11 is 13.6. The minimum atomic E-state index is -3.88. The van der Waals surface area contributed by atoms with Crippen LogP contribution in [0.1, 0.15) is 10.4 Å². The zero-order valence-electron chi connectivity index (χ0n) is 19.4. The SMILES string of the molecule is O=C(Nc1ccc(S(=O)(=O)Nc2ccc(Cl)cc2Cl)cc1)c1ccc(OCCSc2ccccc2)cc1. The number of anilines is 2. The Balaban J connectivity index is 1.29. The van der Waals surface area contributed by atoms with Crippen molar-refractivity contribution in [1.29, 1.82) is 0 Å². The van der Waals surface area contributed by atoms with Crippen molar-refractivity contribution < 1.29 is 17.9 Å². The van der Waals surface area contributed by atoms with Gasteiger partial charge in [-0.25, -0.2) is 8.42 Å². The van der Waals surface area contributed by atoms with Crippen molar-refractivity contribution in [1.82, 2.24) is 0 Å². The van der Waals surface area contributed by atoms with Crippen LogP contribution in [-0.2, 0) is 10.0 Å². The van der Waals surface area contributed by atoms with Crippen LogP contribution in [0.3, 0.4) is 0 Å². The number of halogens is 2. The summed E-state index contributed by atoms with van der Waals surface area (Å²) in [6, 6.07) is 27.2. The Kier molecular flexibility index (Phi) is 9.00. The molecule has 190 valence electrons. The van der Waals surface area contributed by atoms with E-state index in [2.05, 4.69) is 22.2 Å². The molecule has 0 bridgehead atoms. The minimum Gasteiger partial charge on any atom is -0.493 e. The van der Waals surface area contributed by atoms with E-state index in [9.17, 15) is 13.2 Å². The average molecular weight is 574 g/mol. The van der Waals surface area contributed by atoms with E-state index in [-0.39, 0.29) is 21.5 Å². The summed E-state index contributed by atoms with van der Waals surface area (Å²) in [4.78, 5) is 13.8. The van der Waals surface area contributed by atoms with Gasteiger partial charge in [-0.1, -0.05) is 41.4 Å². The molecule has 1 amide bonds. The number of sulfonamides is 1. The highest BCUT2D eigenvalue weighted by Crippen LogP contribution is 2.28. The smallest absolute Gasteiger partial charge is 0.261 e. The van der Waals surface area contributed by atoms with Crippen molar-refractivity contribution in [2.75, 3.05) is 22.4 Å². The Hall–Kier alpha value is -3.17. The van der Waals surface area contributed by atoms with Crippen LogP contribution in [-0.4, -0.2) is 26.7 Å². The number of benzene rings is 4. The third kappa shape index (κ3) is 7.66. The van der Waals surface area contributed by atoms with Gasteiger partial charge in [0.15, 0.2) is 0 Å². The van der Waals surface area contributed by atoms with Crippen molar-refractivity contribution in [2.24, 2.45) is 0 Å². The fraction of sp³-hybridized carbons (Fsp3) is 0.0741.